The second kappa shape index (κ2) is 11.0. The van der Waals surface area contributed by atoms with Crippen molar-refractivity contribution in [1.82, 2.24) is 30.2 Å². The van der Waals surface area contributed by atoms with Crippen LogP contribution in [-0.2, 0) is 5.54 Å². The zero-order valence-electron chi connectivity index (χ0n) is 23.8. The molecule has 1 saturated heterocycles. The van der Waals surface area contributed by atoms with Gasteiger partial charge in [0.2, 0.25) is 0 Å². The molecule has 3 aromatic carbocycles. The first-order chi connectivity index (χ1) is 20.0. The van der Waals surface area contributed by atoms with Gasteiger partial charge in [-0.15, -0.1) is 0 Å². The number of aromatic nitrogens is 4. The van der Waals surface area contributed by atoms with Crippen molar-refractivity contribution in [1.29, 1.82) is 0 Å². The fourth-order valence-electron chi connectivity index (χ4n) is 5.82. The quantitative estimate of drug-likeness (QED) is 0.277. The highest BCUT2D eigenvalue weighted by Crippen LogP contribution is 2.37. The number of hydrogen-bond donors (Lipinski definition) is 2. The number of nitrogens with zero attached hydrogens (tertiary/aromatic N) is 5. The lowest BCUT2D eigenvalue weighted by atomic mass is 9.81. The van der Waals surface area contributed by atoms with Crippen LogP contribution in [0.15, 0.2) is 85.2 Å². The Balaban J connectivity index is 1.41. The van der Waals surface area contributed by atoms with Gasteiger partial charge in [0.25, 0.3) is 0 Å². The van der Waals surface area contributed by atoms with Gasteiger partial charge in [0.05, 0.1) is 5.54 Å². The van der Waals surface area contributed by atoms with Crippen molar-refractivity contribution in [2.24, 2.45) is 0 Å². The topological polar surface area (TPSA) is 88.0 Å². The number of fused-ring (bicyclic) bond motifs is 1. The molecule has 208 valence electrons. The summed E-state index contributed by atoms with van der Waals surface area (Å²) in [5, 5.41) is 6.20. The van der Waals surface area contributed by atoms with Crippen LogP contribution in [0, 0.1) is 13.8 Å². The normalized spacial score (nSPS) is 14.7. The molecular formula is C33H35N7O. The maximum Gasteiger partial charge on any atom is 0.315 e. The van der Waals surface area contributed by atoms with Gasteiger partial charge in [0, 0.05) is 30.9 Å². The van der Waals surface area contributed by atoms with Gasteiger partial charge in [-0.2, -0.15) is 0 Å². The third-order valence-electron chi connectivity index (χ3n) is 8.04. The molecule has 6 rings (SSSR count). The minimum Gasteiger partial charge on any atom is -0.354 e. The Morgan fingerprint density at radius 1 is 0.902 bits per heavy atom. The Bertz CT molecular complexity index is 1670. The fourth-order valence-corrected chi connectivity index (χ4v) is 5.82. The number of anilines is 1. The van der Waals surface area contributed by atoms with Gasteiger partial charge in [-0.1, -0.05) is 72.3 Å². The SMILES string of the molecule is CCNC(=O)NC1(c2ccccc2)CCN(c2ncnc3c2nc(-c2ccccc2C)n3-c2ccc(C)cc2)CC1. The monoisotopic (exact) mass is 545 g/mol. The number of urea groups is 1. The molecule has 1 fully saturated rings. The second-order valence-electron chi connectivity index (χ2n) is 10.7. The van der Waals surface area contributed by atoms with Crippen LogP contribution in [0.25, 0.3) is 28.2 Å². The standard InChI is InChI=1S/C33H35N7O/c1-4-34-32(41)38-33(25-11-6-5-7-12-25)18-20-39(21-19-33)30-28-31(36-22-35-30)40(26-16-14-23(2)15-17-26)29(37-28)27-13-9-8-10-24(27)3/h5-17,22H,4,18-21H2,1-3H3,(H2,34,38,41). The summed E-state index contributed by atoms with van der Waals surface area (Å²) in [4.78, 5) is 29.7. The molecule has 1 aliphatic rings. The van der Waals surface area contributed by atoms with E-state index in [0.29, 0.717) is 19.6 Å². The van der Waals surface area contributed by atoms with Crippen molar-refractivity contribution in [2.45, 2.75) is 39.2 Å². The number of rotatable bonds is 6. The summed E-state index contributed by atoms with van der Waals surface area (Å²) in [5.74, 6) is 1.66. The maximum atomic E-state index is 12.7. The van der Waals surface area contributed by atoms with Crippen LogP contribution in [0.2, 0.25) is 0 Å². The Morgan fingerprint density at radius 2 is 1.61 bits per heavy atom. The highest BCUT2D eigenvalue weighted by molar-refractivity contribution is 5.89. The number of imidazole rings is 1. The molecule has 0 bridgehead atoms. The average Bonchev–Trinajstić information content (AvgIpc) is 3.38. The van der Waals surface area contributed by atoms with Gasteiger partial charge < -0.3 is 15.5 Å². The minimum absolute atomic E-state index is 0.144. The molecule has 41 heavy (non-hydrogen) atoms. The van der Waals surface area contributed by atoms with Gasteiger partial charge in [0.1, 0.15) is 12.2 Å². The van der Waals surface area contributed by atoms with Crippen molar-refractivity contribution in [2.75, 3.05) is 24.5 Å². The summed E-state index contributed by atoms with van der Waals surface area (Å²) in [6.07, 6.45) is 3.11. The predicted octanol–water partition coefficient (Wildman–Crippen LogP) is 5.91. The van der Waals surface area contributed by atoms with Gasteiger partial charge in [0.15, 0.2) is 17.0 Å². The van der Waals surface area contributed by atoms with Gasteiger partial charge >= 0.3 is 6.03 Å². The molecule has 5 aromatic rings. The summed E-state index contributed by atoms with van der Waals surface area (Å²) in [5.41, 5.74) is 6.61. The third kappa shape index (κ3) is 5.01. The van der Waals surface area contributed by atoms with E-state index in [1.165, 1.54) is 5.56 Å². The van der Waals surface area contributed by atoms with Crippen molar-refractivity contribution in [3.63, 3.8) is 0 Å². The lowest BCUT2D eigenvalue weighted by Gasteiger charge is -2.43. The molecule has 0 spiro atoms. The zero-order valence-corrected chi connectivity index (χ0v) is 23.8. The fraction of sp³-hybridized carbons (Fsp3) is 0.273. The summed E-state index contributed by atoms with van der Waals surface area (Å²) in [6.45, 7) is 8.13. The molecule has 0 aliphatic carbocycles. The molecule has 8 nitrogen and oxygen atoms in total. The molecule has 1 aliphatic heterocycles. The Morgan fingerprint density at radius 3 is 2.32 bits per heavy atom. The summed E-state index contributed by atoms with van der Waals surface area (Å²) >= 11 is 0. The molecule has 2 amide bonds. The largest absolute Gasteiger partial charge is 0.354 e. The summed E-state index contributed by atoms with van der Waals surface area (Å²) in [7, 11) is 0. The highest BCUT2D eigenvalue weighted by Gasteiger charge is 2.38. The van der Waals surface area contributed by atoms with E-state index < -0.39 is 5.54 Å². The number of carbonyl (C=O) groups excluding carboxylic acids is 1. The van der Waals surface area contributed by atoms with Crippen molar-refractivity contribution in [3.8, 4) is 17.1 Å². The highest BCUT2D eigenvalue weighted by atomic mass is 16.2. The Hall–Kier alpha value is -4.72. The van der Waals surface area contributed by atoms with Gasteiger partial charge in [-0.3, -0.25) is 4.57 Å². The van der Waals surface area contributed by atoms with Crippen LogP contribution in [0.4, 0.5) is 10.6 Å². The van der Waals surface area contributed by atoms with Crippen LogP contribution in [0.3, 0.4) is 0 Å². The smallest absolute Gasteiger partial charge is 0.315 e. The predicted molar refractivity (Wildman–Crippen MR) is 163 cm³/mol. The first-order valence-corrected chi connectivity index (χ1v) is 14.2. The van der Waals surface area contributed by atoms with Crippen LogP contribution in [-0.4, -0.2) is 45.2 Å². The first-order valence-electron chi connectivity index (χ1n) is 14.2. The molecule has 0 saturated carbocycles. The van der Waals surface area contributed by atoms with E-state index in [4.69, 9.17) is 15.0 Å². The first kappa shape index (κ1) is 26.5. The molecule has 0 unspecified atom stereocenters. The van der Waals surface area contributed by atoms with E-state index in [0.717, 1.165) is 58.0 Å². The Labute approximate surface area is 240 Å². The number of piperidine rings is 1. The van der Waals surface area contributed by atoms with E-state index in [9.17, 15) is 4.79 Å². The number of carbonyl (C=O) groups is 1. The molecule has 8 heteroatoms. The van der Waals surface area contributed by atoms with E-state index in [1.54, 1.807) is 6.33 Å². The van der Waals surface area contributed by atoms with Crippen LogP contribution < -0.4 is 15.5 Å². The summed E-state index contributed by atoms with van der Waals surface area (Å²) in [6, 6.07) is 26.9. The van der Waals surface area contributed by atoms with Crippen LogP contribution in [0.5, 0.6) is 0 Å². The molecule has 0 atom stereocenters. The van der Waals surface area contributed by atoms with Crippen molar-refractivity contribution >= 4 is 23.0 Å². The molecular weight excluding hydrogens is 510 g/mol. The van der Waals surface area contributed by atoms with E-state index in [2.05, 4.69) is 82.5 Å². The minimum atomic E-state index is -0.462. The van der Waals surface area contributed by atoms with Crippen molar-refractivity contribution in [3.05, 3.63) is 102 Å². The van der Waals surface area contributed by atoms with Crippen LogP contribution in [0.1, 0.15) is 36.5 Å². The Kier molecular flexibility index (Phi) is 7.14. The lowest BCUT2D eigenvalue weighted by Crippen LogP contribution is -2.55. The van der Waals surface area contributed by atoms with E-state index >= 15 is 0 Å². The number of aryl methyl sites for hydroxylation is 2. The molecule has 2 aromatic heterocycles. The summed E-state index contributed by atoms with van der Waals surface area (Å²) < 4.78 is 2.14. The maximum absolute atomic E-state index is 12.7. The number of nitrogens with one attached hydrogen (secondary N) is 2. The van der Waals surface area contributed by atoms with E-state index in [-0.39, 0.29) is 6.03 Å². The van der Waals surface area contributed by atoms with Gasteiger partial charge in [-0.25, -0.2) is 19.7 Å². The molecule has 0 radical (unpaired) electrons. The second-order valence-corrected chi connectivity index (χ2v) is 10.7. The lowest BCUT2D eigenvalue weighted by molar-refractivity contribution is 0.212. The zero-order chi connectivity index (χ0) is 28.4. The number of hydrogen-bond acceptors (Lipinski definition) is 5. The molecule has 3 heterocycles. The molecule has 2 N–H and O–H groups in total. The van der Waals surface area contributed by atoms with Crippen LogP contribution >= 0.6 is 0 Å². The average molecular weight is 546 g/mol. The van der Waals surface area contributed by atoms with E-state index in [1.807, 2.05) is 37.3 Å². The number of benzene rings is 3. The number of amides is 2. The van der Waals surface area contributed by atoms with Gasteiger partial charge in [-0.05, 0) is 56.9 Å². The van der Waals surface area contributed by atoms with Crippen molar-refractivity contribution < 1.29 is 4.79 Å². The third-order valence-corrected chi connectivity index (χ3v) is 8.04.